The molecule has 1 aliphatic rings. The lowest BCUT2D eigenvalue weighted by molar-refractivity contribution is -0.384. The molecule has 0 radical (unpaired) electrons. The largest absolute Gasteiger partial charge is 0.349 e. The predicted molar refractivity (Wildman–Crippen MR) is 85.8 cm³/mol. The number of nitrogens with one attached hydrogen (secondary N) is 1. The van der Waals surface area contributed by atoms with Gasteiger partial charge in [-0.3, -0.25) is 14.9 Å². The van der Waals surface area contributed by atoms with Crippen LogP contribution in [-0.4, -0.2) is 16.9 Å². The maximum Gasteiger partial charge on any atom is 0.269 e. The molecule has 5 heteroatoms. The van der Waals surface area contributed by atoms with E-state index in [2.05, 4.69) is 26.1 Å². The number of carbonyl (C=O) groups is 1. The van der Waals surface area contributed by atoms with Gasteiger partial charge in [0.15, 0.2) is 0 Å². The molecule has 22 heavy (non-hydrogen) atoms. The van der Waals surface area contributed by atoms with Crippen LogP contribution in [0, 0.1) is 21.4 Å². The maximum absolute atomic E-state index is 12.2. The number of carbonyl (C=O) groups excluding carboxylic acids is 1. The number of nitro groups is 1. The molecule has 0 spiro atoms. The molecule has 1 amide bonds. The standard InChI is InChI=1S/C17H24N2O3/c1-17(2,3)13-6-8-14(9-7-13)18-16(20)12-4-10-15(11-5-12)19(21)22/h4-5,10-11,13-14H,6-9H2,1-3H3,(H,18,20). The summed E-state index contributed by atoms with van der Waals surface area (Å²) in [5.74, 6) is 0.564. The van der Waals surface area contributed by atoms with Gasteiger partial charge in [0.25, 0.3) is 11.6 Å². The van der Waals surface area contributed by atoms with Crippen LogP contribution in [0.5, 0.6) is 0 Å². The van der Waals surface area contributed by atoms with Gasteiger partial charge in [0, 0.05) is 23.7 Å². The molecule has 2 rings (SSSR count). The lowest BCUT2D eigenvalue weighted by atomic mass is 9.71. The Morgan fingerprint density at radius 2 is 1.68 bits per heavy atom. The van der Waals surface area contributed by atoms with Crippen molar-refractivity contribution in [2.75, 3.05) is 0 Å². The third kappa shape index (κ3) is 4.06. The number of nitrogens with zero attached hydrogens (tertiary/aromatic N) is 1. The normalized spacial score (nSPS) is 22.1. The zero-order valence-electron chi connectivity index (χ0n) is 13.5. The highest BCUT2D eigenvalue weighted by Gasteiger charge is 2.30. The first kappa shape index (κ1) is 16.5. The quantitative estimate of drug-likeness (QED) is 0.679. The van der Waals surface area contributed by atoms with E-state index < -0.39 is 4.92 Å². The minimum atomic E-state index is -0.463. The molecule has 0 aromatic heterocycles. The molecule has 1 aromatic rings. The Kier molecular flexibility index (Phi) is 4.84. The van der Waals surface area contributed by atoms with Crippen LogP contribution in [0.4, 0.5) is 5.69 Å². The molecular formula is C17H24N2O3. The van der Waals surface area contributed by atoms with Crippen molar-refractivity contribution in [2.45, 2.75) is 52.5 Å². The van der Waals surface area contributed by atoms with Crippen LogP contribution < -0.4 is 5.32 Å². The van der Waals surface area contributed by atoms with E-state index in [1.165, 1.54) is 24.3 Å². The molecule has 0 bridgehead atoms. The second-order valence-corrected chi connectivity index (χ2v) is 7.19. The van der Waals surface area contributed by atoms with Crippen molar-refractivity contribution in [1.29, 1.82) is 0 Å². The SMILES string of the molecule is CC(C)(C)C1CCC(NC(=O)c2ccc([N+](=O)[O-])cc2)CC1. The average molecular weight is 304 g/mol. The van der Waals surface area contributed by atoms with Gasteiger partial charge in [0.1, 0.15) is 0 Å². The van der Waals surface area contributed by atoms with E-state index in [0.29, 0.717) is 16.9 Å². The molecular weight excluding hydrogens is 280 g/mol. The van der Waals surface area contributed by atoms with E-state index in [4.69, 9.17) is 0 Å². The summed E-state index contributed by atoms with van der Waals surface area (Å²) in [6.07, 6.45) is 4.27. The summed E-state index contributed by atoms with van der Waals surface area (Å²) in [6, 6.07) is 5.96. The summed E-state index contributed by atoms with van der Waals surface area (Å²) in [5.41, 5.74) is 0.804. The minimum absolute atomic E-state index is 0.00207. The molecule has 1 saturated carbocycles. The van der Waals surface area contributed by atoms with Gasteiger partial charge in [-0.15, -0.1) is 0 Å². The lowest BCUT2D eigenvalue weighted by Crippen LogP contribution is -2.39. The van der Waals surface area contributed by atoms with Crippen LogP contribution in [-0.2, 0) is 0 Å². The summed E-state index contributed by atoms with van der Waals surface area (Å²) in [6.45, 7) is 6.81. The summed E-state index contributed by atoms with van der Waals surface area (Å²) >= 11 is 0. The summed E-state index contributed by atoms with van der Waals surface area (Å²) in [4.78, 5) is 22.3. The van der Waals surface area contributed by atoms with E-state index in [9.17, 15) is 14.9 Å². The van der Waals surface area contributed by atoms with Crippen LogP contribution in [0.25, 0.3) is 0 Å². The highest BCUT2D eigenvalue weighted by molar-refractivity contribution is 5.94. The van der Waals surface area contributed by atoms with Crippen LogP contribution in [0.15, 0.2) is 24.3 Å². The van der Waals surface area contributed by atoms with Gasteiger partial charge in [0.2, 0.25) is 0 Å². The van der Waals surface area contributed by atoms with Crippen molar-refractivity contribution in [3.63, 3.8) is 0 Å². The average Bonchev–Trinajstić information content (AvgIpc) is 2.47. The molecule has 1 N–H and O–H groups in total. The fraction of sp³-hybridized carbons (Fsp3) is 0.588. The van der Waals surface area contributed by atoms with Crippen molar-refractivity contribution >= 4 is 11.6 Å². The summed E-state index contributed by atoms with van der Waals surface area (Å²) in [5, 5.41) is 13.7. The highest BCUT2D eigenvalue weighted by atomic mass is 16.6. The highest BCUT2D eigenvalue weighted by Crippen LogP contribution is 2.37. The zero-order valence-corrected chi connectivity index (χ0v) is 13.5. The van der Waals surface area contributed by atoms with E-state index in [1.807, 2.05) is 0 Å². The first-order valence-corrected chi connectivity index (χ1v) is 7.82. The first-order valence-electron chi connectivity index (χ1n) is 7.82. The van der Waals surface area contributed by atoms with Crippen molar-refractivity contribution in [3.05, 3.63) is 39.9 Å². The molecule has 1 aliphatic carbocycles. The fourth-order valence-electron chi connectivity index (χ4n) is 3.11. The molecule has 1 aromatic carbocycles. The number of rotatable bonds is 3. The number of nitro benzene ring substituents is 1. The lowest BCUT2D eigenvalue weighted by Gasteiger charge is -2.37. The smallest absolute Gasteiger partial charge is 0.269 e. The van der Waals surface area contributed by atoms with Crippen molar-refractivity contribution in [1.82, 2.24) is 5.32 Å². The number of non-ortho nitro benzene ring substituents is 1. The van der Waals surface area contributed by atoms with Gasteiger partial charge >= 0.3 is 0 Å². The van der Waals surface area contributed by atoms with Gasteiger partial charge in [-0.05, 0) is 49.1 Å². The Labute approximate surface area is 131 Å². The molecule has 5 nitrogen and oxygen atoms in total. The Hall–Kier alpha value is -1.91. The number of amides is 1. The van der Waals surface area contributed by atoms with Crippen LogP contribution in [0.3, 0.4) is 0 Å². The number of hydrogen-bond donors (Lipinski definition) is 1. The monoisotopic (exact) mass is 304 g/mol. The molecule has 0 aliphatic heterocycles. The molecule has 0 heterocycles. The van der Waals surface area contributed by atoms with Crippen molar-refractivity contribution in [2.24, 2.45) is 11.3 Å². The third-order valence-corrected chi connectivity index (χ3v) is 4.63. The van der Waals surface area contributed by atoms with Gasteiger partial charge in [0.05, 0.1) is 4.92 Å². The molecule has 1 fully saturated rings. The van der Waals surface area contributed by atoms with Crippen LogP contribution in [0.1, 0.15) is 56.8 Å². The van der Waals surface area contributed by atoms with Crippen LogP contribution in [0.2, 0.25) is 0 Å². The molecule has 120 valence electrons. The van der Waals surface area contributed by atoms with E-state index in [-0.39, 0.29) is 17.6 Å². The zero-order chi connectivity index (χ0) is 16.3. The Morgan fingerprint density at radius 3 is 2.14 bits per heavy atom. The summed E-state index contributed by atoms with van der Waals surface area (Å²) < 4.78 is 0. The number of benzene rings is 1. The predicted octanol–water partition coefficient (Wildman–Crippen LogP) is 3.93. The maximum atomic E-state index is 12.2. The Balaban J connectivity index is 1.89. The minimum Gasteiger partial charge on any atom is -0.349 e. The van der Waals surface area contributed by atoms with E-state index >= 15 is 0 Å². The van der Waals surface area contributed by atoms with Gasteiger partial charge in [-0.1, -0.05) is 20.8 Å². The second kappa shape index (κ2) is 6.46. The second-order valence-electron chi connectivity index (χ2n) is 7.19. The van der Waals surface area contributed by atoms with Gasteiger partial charge in [-0.2, -0.15) is 0 Å². The fourth-order valence-corrected chi connectivity index (χ4v) is 3.11. The molecule has 0 unspecified atom stereocenters. The molecule has 0 atom stereocenters. The summed E-state index contributed by atoms with van der Waals surface area (Å²) in [7, 11) is 0. The van der Waals surface area contributed by atoms with E-state index in [0.717, 1.165) is 25.7 Å². The topological polar surface area (TPSA) is 72.2 Å². The Bertz CT molecular complexity index is 538. The molecule has 0 saturated heterocycles. The van der Waals surface area contributed by atoms with Crippen molar-refractivity contribution < 1.29 is 9.72 Å². The van der Waals surface area contributed by atoms with E-state index in [1.54, 1.807) is 0 Å². The van der Waals surface area contributed by atoms with Crippen molar-refractivity contribution in [3.8, 4) is 0 Å². The van der Waals surface area contributed by atoms with Gasteiger partial charge in [-0.25, -0.2) is 0 Å². The first-order chi connectivity index (χ1) is 10.3. The van der Waals surface area contributed by atoms with Gasteiger partial charge < -0.3 is 5.32 Å². The Morgan fingerprint density at radius 1 is 1.14 bits per heavy atom. The number of hydrogen-bond acceptors (Lipinski definition) is 3. The van der Waals surface area contributed by atoms with Crippen LogP contribution >= 0.6 is 0 Å². The third-order valence-electron chi connectivity index (χ3n) is 4.63.